The minimum absolute atomic E-state index is 0.368. The minimum Gasteiger partial charge on any atom is -0.385 e. The van der Waals surface area contributed by atoms with Crippen molar-refractivity contribution in [2.24, 2.45) is 0 Å². The highest BCUT2D eigenvalue weighted by Crippen LogP contribution is 2.21. The summed E-state index contributed by atoms with van der Waals surface area (Å²) in [5.41, 5.74) is 0. The molecule has 0 saturated carbocycles. The van der Waals surface area contributed by atoms with Crippen molar-refractivity contribution in [3.8, 4) is 0 Å². The maximum absolute atomic E-state index is 11.9. The van der Waals surface area contributed by atoms with Crippen molar-refractivity contribution in [2.75, 3.05) is 26.8 Å². The van der Waals surface area contributed by atoms with Gasteiger partial charge in [0, 0.05) is 31.7 Å². The van der Waals surface area contributed by atoms with Gasteiger partial charge in [-0.25, -0.2) is 13.1 Å². The average Bonchev–Trinajstić information content (AvgIpc) is 2.81. The fraction of sp³-hybridized carbons (Fsp3) is 0.636. The van der Waals surface area contributed by atoms with Crippen LogP contribution in [0.5, 0.6) is 0 Å². The smallest absolute Gasteiger partial charge is 0.250 e. The number of thiophene rings is 1. The molecule has 1 rings (SSSR count). The van der Waals surface area contributed by atoms with Crippen LogP contribution in [0.3, 0.4) is 0 Å². The van der Waals surface area contributed by atoms with E-state index in [2.05, 4.69) is 10.0 Å². The highest BCUT2D eigenvalue weighted by molar-refractivity contribution is 7.91. The SMILES string of the molecule is CCNCc1ccc(S(=O)(=O)NCCCOC)s1. The molecule has 1 aromatic heterocycles. The second-order valence-electron chi connectivity index (χ2n) is 3.75. The van der Waals surface area contributed by atoms with E-state index in [0.29, 0.717) is 30.3 Å². The van der Waals surface area contributed by atoms with Crippen molar-refractivity contribution >= 4 is 21.4 Å². The van der Waals surface area contributed by atoms with E-state index in [4.69, 9.17) is 4.74 Å². The molecular weight excluding hydrogens is 272 g/mol. The monoisotopic (exact) mass is 292 g/mol. The lowest BCUT2D eigenvalue weighted by molar-refractivity contribution is 0.196. The summed E-state index contributed by atoms with van der Waals surface area (Å²) in [6.07, 6.45) is 0.672. The summed E-state index contributed by atoms with van der Waals surface area (Å²) in [6, 6.07) is 3.49. The first-order valence-electron chi connectivity index (χ1n) is 5.88. The van der Waals surface area contributed by atoms with Crippen LogP contribution in [0.25, 0.3) is 0 Å². The van der Waals surface area contributed by atoms with E-state index in [9.17, 15) is 8.42 Å². The maximum atomic E-state index is 11.9. The van der Waals surface area contributed by atoms with E-state index in [1.54, 1.807) is 13.2 Å². The number of methoxy groups -OCH3 is 1. The van der Waals surface area contributed by atoms with Crippen molar-refractivity contribution in [3.63, 3.8) is 0 Å². The van der Waals surface area contributed by atoms with E-state index in [1.807, 2.05) is 13.0 Å². The highest BCUT2D eigenvalue weighted by atomic mass is 32.2. The second-order valence-corrected chi connectivity index (χ2v) is 6.91. The highest BCUT2D eigenvalue weighted by Gasteiger charge is 2.15. The molecular formula is C11H20N2O3S2. The third kappa shape index (κ3) is 5.03. The average molecular weight is 292 g/mol. The third-order valence-corrected chi connectivity index (χ3v) is 5.31. The summed E-state index contributed by atoms with van der Waals surface area (Å²) in [7, 11) is -1.76. The summed E-state index contributed by atoms with van der Waals surface area (Å²) in [4.78, 5) is 1.02. The lowest BCUT2D eigenvalue weighted by Crippen LogP contribution is -2.24. The summed E-state index contributed by atoms with van der Waals surface area (Å²) in [6.45, 7) is 4.55. The predicted octanol–water partition coefficient (Wildman–Crippen LogP) is 1.17. The fourth-order valence-electron chi connectivity index (χ4n) is 1.34. The van der Waals surface area contributed by atoms with Crippen LogP contribution in [-0.4, -0.2) is 35.2 Å². The number of hydrogen-bond donors (Lipinski definition) is 2. The zero-order valence-corrected chi connectivity index (χ0v) is 12.4. The quantitative estimate of drug-likeness (QED) is 0.671. The van der Waals surface area contributed by atoms with Gasteiger partial charge >= 0.3 is 0 Å². The van der Waals surface area contributed by atoms with Gasteiger partial charge in [0.1, 0.15) is 4.21 Å². The Kier molecular flexibility index (Phi) is 6.80. The first-order valence-corrected chi connectivity index (χ1v) is 8.18. The molecule has 0 aliphatic heterocycles. The van der Waals surface area contributed by atoms with Crippen molar-refractivity contribution in [3.05, 3.63) is 17.0 Å². The number of ether oxygens (including phenoxy) is 1. The Labute approximate surface area is 113 Å². The van der Waals surface area contributed by atoms with Crippen LogP contribution in [0.4, 0.5) is 0 Å². The molecule has 0 aliphatic rings. The van der Waals surface area contributed by atoms with Crippen LogP contribution in [0.2, 0.25) is 0 Å². The lowest BCUT2D eigenvalue weighted by atomic mass is 10.4. The number of nitrogens with one attached hydrogen (secondary N) is 2. The van der Waals surface area contributed by atoms with Crippen LogP contribution in [0.15, 0.2) is 16.3 Å². The van der Waals surface area contributed by atoms with Gasteiger partial charge in [-0.3, -0.25) is 0 Å². The predicted molar refractivity (Wildman–Crippen MR) is 73.4 cm³/mol. The van der Waals surface area contributed by atoms with Gasteiger partial charge in [-0.1, -0.05) is 6.92 Å². The number of rotatable bonds is 9. The zero-order valence-electron chi connectivity index (χ0n) is 10.7. The van der Waals surface area contributed by atoms with Crippen LogP contribution in [0.1, 0.15) is 18.2 Å². The van der Waals surface area contributed by atoms with E-state index in [1.165, 1.54) is 11.3 Å². The van der Waals surface area contributed by atoms with E-state index in [-0.39, 0.29) is 0 Å². The fourth-order valence-corrected chi connectivity index (χ4v) is 3.78. The molecule has 7 heteroatoms. The standard InChI is InChI=1S/C11H20N2O3S2/c1-3-12-9-10-5-6-11(17-10)18(14,15)13-7-4-8-16-2/h5-6,12-13H,3-4,7-9H2,1-2H3. The molecule has 1 aromatic rings. The Hall–Kier alpha value is -0.470. The molecule has 0 aromatic carbocycles. The molecule has 0 aliphatic carbocycles. The minimum atomic E-state index is -3.36. The second kappa shape index (κ2) is 7.85. The van der Waals surface area contributed by atoms with Crippen molar-refractivity contribution < 1.29 is 13.2 Å². The van der Waals surface area contributed by atoms with Crippen molar-refractivity contribution in [1.29, 1.82) is 0 Å². The molecule has 0 bridgehead atoms. The Morgan fingerprint density at radius 1 is 1.39 bits per heavy atom. The number of sulfonamides is 1. The molecule has 104 valence electrons. The van der Waals surface area contributed by atoms with Gasteiger partial charge in [-0.05, 0) is 25.1 Å². The Morgan fingerprint density at radius 3 is 2.83 bits per heavy atom. The summed E-state index contributed by atoms with van der Waals surface area (Å²) in [5, 5.41) is 3.17. The van der Waals surface area contributed by atoms with Crippen LogP contribution >= 0.6 is 11.3 Å². The Bertz CT molecular complexity index is 443. The van der Waals surface area contributed by atoms with Crippen molar-refractivity contribution in [1.82, 2.24) is 10.0 Å². The van der Waals surface area contributed by atoms with Crippen LogP contribution < -0.4 is 10.0 Å². The van der Waals surface area contributed by atoms with Crippen LogP contribution in [-0.2, 0) is 21.3 Å². The molecule has 0 fully saturated rings. The Balaban J connectivity index is 2.53. The van der Waals surface area contributed by atoms with Gasteiger partial charge in [0.25, 0.3) is 0 Å². The molecule has 0 atom stereocenters. The zero-order chi connectivity index (χ0) is 13.4. The van der Waals surface area contributed by atoms with E-state index in [0.717, 1.165) is 11.4 Å². The number of hydrogen-bond acceptors (Lipinski definition) is 5. The summed E-state index contributed by atoms with van der Waals surface area (Å²) in [5.74, 6) is 0. The summed E-state index contributed by atoms with van der Waals surface area (Å²) < 4.78 is 31.6. The van der Waals surface area contributed by atoms with Gasteiger partial charge < -0.3 is 10.1 Å². The van der Waals surface area contributed by atoms with Gasteiger partial charge in [0.15, 0.2) is 0 Å². The van der Waals surface area contributed by atoms with E-state index < -0.39 is 10.0 Å². The molecule has 0 unspecified atom stereocenters. The molecule has 2 N–H and O–H groups in total. The molecule has 5 nitrogen and oxygen atoms in total. The Morgan fingerprint density at radius 2 is 2.17 bits per heavy atom. The van der Waals surface area contributed by atoms with Crippen molar-refractivity contribution in [2.45, 2.75) is 24.1 Å². The normalized spacial score (nSPS) is 11.9. The lowest BCUT2D eigenvalue weighted by Gasteiger charge is -2.04. The molecule has 0 radical (unpaired) electrons. The van der Waals surface area contributed by atoms with E-state index >= 15 is 0 Å². The molecule has 0 spiro atoms. The van der Waals surface area contributed by atoms with Gasteiger partial charge in [-0.15, -0.1) is 11.3 Å². The van der Waals surface area contributed by atoms with Gasteiger partial charge in [0.2, 0.25) is 10.0 Å². The van der Waals surface area contributed by atoms with Crippen LogP contribution in [0, 0.1) is 0 Å². The van der Waals surface area contributed by atoms with Gasteiger partial charge in [0.05, 0.1) is 0 Å². The topological polar surface area (TPSA) is 67.4 Å². The maximum Gasteiger partial charge on any atom is 0.250 e. The first-order chi connectivity index (χ1) is 8.60. The largest absolute Gasteiger partial charge is 0.385 e. The third-order valence-electron chi connectivity index (χ3n) is 2.27. The molecule has 0 amide bonds. The first kappa shape index (κ1) is 15.6. The molecule has 18 heavy (non-hydrogen) atoms. The summed E-state index contributed by atoms with van der Waals surface area (Å²) >= 11 is 1.30. The van der Waals surface area contributed by atoms with Gasteiger partial charge in [-0.2, -0.15) is 0 Å². The molecule has 0 saturated heterocycles. The molecule has 1 heterocycles.